The number of hydrogen-bond acceptors (Lipinski definition) is 4. The fraction of sp³-hybridized carbons (Fsp3) is 0.409. The van der Waals surface area contributed by atoms with Crippen LogP contribution in [0, 0.1) is 5.82 Å². The first-order valence-electron chi connectivity index (χ1n) is 9.88. The van der Waals surface area contributed by atoms with Gasteiger partial charge >= 0.3 is 6.61 Å². The zero-order valence-corrected chi connectivity index (χ0v) is 16.2. The molecule has 0 spiro atoms. The van der Waals surface area contributed by atoms with Gasteiger partial charge < -0.3 is 20.1 Å². The van der Waals surface area contributed by atoms with Crippen molar-refractivity contribution in [1.82, 2.24) is 4.90 Å². The van der Waals surface area contributed by atoms with Gasteiger partial charge in [0.1, 0.15) is 11.9 Å². The first kappa shape index (κ1) is 20.8. The van der Waals surface area contributed by atoms with Crippen LogP contribution in [-0.2, 0) is 20.7 Å². The predicted molar refractivity (Wildman–Crippen MR) is 103 cm³/mol. The Kier molecular flexibility index (Phi) is 6.08. The second-order valence-electron chi connectivity index (χ2n) is 7.59. The van der Waals surface area contributed by atoms with E-state index in [1.54, 1.807) is 17.0 Å². The normalized spacial score (nSPS) is 26.5. The first-order chi connectivity index (χ1) is 14.4. The van der Waals surface area contributed by atoms with Crippen molar-refractivity contribution in [2.45, 2.75) is 43.7 Å². The van der Waals surface area contributed by atoms with Crippen LogP contribution < -0.4 is 5.73 Å². The third-order valence-corrected chi connectivity index (χ3v) is 5.72. The largest absolute Gasteiger partial charge is 0.367 e. The van der Waals surface area contributed by atoms with Gasteiger partial charge in [-0.05, 0) is 35.2 Å². The minimum absolute atomic E-state index is 0.0422. The second-order valence-corrected chi connectivity index (χ2v) is 7.59. The second kappa shape index (κ2) is 8.75. The maximum absolute atomic E-state index is 13.5. The Morgan fingerprint density at radius 3 is 2.63 bits per heavy atom. The van der Waals surface area contributed by atoms with Gasteiger partial charge in [-0.15, -0.1) is 0 Å². The molecule has 0 unspecified atom stereocenters. The van der Waals surface area contributed by atoms with Crippen LogP contribution in [0.25, 0.3) is 0 Å². The molecule has 2 aliphatic heterocycles. The molecular weight excluding hydrogens is 397 g/mol. The summed E-state index contributed by atoms with van der Waals surface area (Å²) in [5.41, 5.74) is 8.66. The summed E-state index contributed by atoms with van der Waals surface area (Å²) >= 11 is 0. The van der Waals surface area contributed by atoms with E-state index in [4.69, 9.17) is 10.5 Å². The van der Waals surface area contributed by atoms with E-state index in [2.05, 4.69) is 4.74 Å². The fourth-order valence-corrected chi connectivity index (χ4v) is 4.24. The highest BCUT2D eigenvalue weighted by Gasteiger charge is 2.40. The van der Waals surface area contributed by atoms with Crippen molar-refractivity contribution in [3.63, 3.8) is 0 Å². The van der Waals surface area contributed by atoms with Gasteiger partial charge in [-0.2, -0.15) is 8.78 Å². The lowest BCUT2D eigenvalue weighted by Gasteiger charge is -2.41. The van der Waals surface area contributed by atoms with Crippen LogP contribution in [0.15, 0.2) is 48.5 Å². The van der Waals surface area contributed by atoms with E-state index >= 15 is 0 Å². The van der Waals surface area contributed by atoms with Gasteiger partial charge in [0.15, 0.2) is 0 Å². The predicted octanol–water partition coefficient (Wildman–Crippen LogP) is 3.02. The van der Waals surface area contributed by atoms with Crippen LogP contribution in [0.2, 0.25) is 0 Å². The molecule has 0 radical (unpaired) electrons. The molecule has 1 fully saturated rings. The van der Waals surface area contributed by atoms with Crippen molar-refractivity contribution >= 4 is 5.91 Å². The Hall–Kier alpha value is -2.42. The minimum atomic E-state index is -2.97. The van der Waals surface area contributed by atoms with Crippen LogP contribution in [0.5, 0.6) is 0 Å². The van der Waals surface area contributed by atoms with Crippen LogP contribution in [0.4, 0.5) is 13.2 Å². The SMILES string of the molecule is N[C@@H]1CO[C@@H](C(=O)N2CCc3ccccc3[C@@H]2c2ccc(F)cc2)C[C@@H]1OC(F)F. The van der Waals surface area contributed by atoms with E-state index < -0.39 is 30.9 Å². The Morgan fingerprint density at radius 1 is 1.17 bits per heavy atom. The number of hydrogen-bond donors (Lipinski definition) is 1. The number of alkyl halides is 2. The molecule has 0 aliphatic carbocycles. The number of fused-ring (bicyclic) bond motifs is 1. The van der Waals surface area contributed by atoms with Crippen LogP contribution in [-0.4, -0.2) is 48.8 Å². The highest BCUT2D eigenvalue weighted by molar-refractivity contribution is 5.82. The molecule has 0 saturated carbocycles. The number of benzene rings is 2. The molecule has 2 aromatic rings. The summed E-state index contributed by atoms with van der Waals surface area (Å²) in [6.45, 7) is -2.58. The number of halogens is 3. The summed E-state index contributed by atoms with van der Waals surface area (Å²) in [6.07, 6.45) is -1.28. The molecule has 30 heavy (non-hydrogen) atoms. The van der Waals surface area contributed by atoms with Gasteiger partial charge in [0, 0.05) is 13.0 Å². The van der Waals surface area contributed by atoms with Crippen molar-refractivity contribution in [3.8, 4) is 0 Å². The summed E-state index contributed by atoms with van der Waals surface area (Å²) in [5, 5.41) is 0. The standard InChI is InChI=1S/C22H23F3N2O3/c23-15-7-5-14(6-8-15)20-16-4-2-1-3-13(16)9-10-27(20)21(28)19-11-18(30-22(24)25)17(26)12-29-19/h1-8,17-20,22H,9-12,26H2/t17-,18+,19-,20+/m1/s1. The van der Waals surface area contributed by atoms with E-state index in [1.807, 2.05) is 24.3 Å². The van der Waals surface area contributed by atoms with Crippen molar-refractivity contribution in [2.24, 2.45) is 5.73 Å². The lowest BCUT2D eigenvalue weighted by molar-refractivity contribution is -0.199. The summed E-state index contributed by atoms with van der Waals surface area (Å²) in [6, 6.07) is 12.7. The first-order valence-corrected chi connectivity index (χ1v) is 9.88. The summed E-state index contributed by atoms with van der Waals surface area (Å²) in [7, 11) is 0. The third-order valence-electron chi connectivity index (χ3n) is 5.72. The Labute approximate surface area is 172 Å². The number of carbonyl (C=O) groups excluding carboxylic acids is 1. The molecular formula is C22H23F3N2O3. The Balaban J connectivity index is 1.63. The molecule has 2 heterocycles. The van der Waals surface area contributed by atoms with Gasteiger partial charge in [-0.25, -0.2) is 4.39 Å². The molecule has 2 aromatic carbocycles. The molecule has 1 saturated heterocycles. The summed E-state index contributed by atoms with van der Waals surface area (Å²) < 4.78 is 49.1. The zero-order valence-electron chi connectivity index (χ0n) is 16.2. The third kappa shape index (κ3) is 4.21. The number of nitrogens with zero attached hydrogens (tertiary/aromatic N) is 1. The smallest absolute Gasteiger partial charge is 0.345 e. The summed E-state index contributed by atoms with van der Waals surface area (Å²) in [5.74, 6) is -0.675. The van der Waals surface area contributed by atoms with Crippen LogP contribution >= 0.6 is 0 Å². The number of ether oxygens (including phenoxy) is 2. The summed E-state index contributed by atoms with van der Waals surface area (Å²) in [4.78, 5) is 15.1. The number of rotatable bonds is 4. The molecule has 160 valence electrons. The van der Waals surface area contributed by atoms with E-state index in [0.717, 1.165) is 16.7 Å². The monoisotopic (exact) mass is 420 g/mol. The molecule has 1 amide bonds. The maximum Gasteiger partial charge on any atom is 0.345 e. The van der Waals surface area contributed by atoms with Gasteiger partial charge in [0.05, 0.1) is 24.8 Å². The molecule has 0 bridgehead atoms. The molecule has 2 N–H and O–H groups in total. The molecule has 2 aliphatic rings. The van der Waals surface area contributed by atoms with Crippen molar-refractivity contribution in [1.29, 1.82) is 0 Å². The molecule has 8 heteroatoms. The van der Waals surface area contributed by atoms with Crippen molar-refractivity contribution < 1.29 is 27.4 Å². The number of nitrogens with two attached hydrogens (primary N) is 1. The van der Waals surface area contributed by atoms with E-state index in [9.17, 15) is 18.0 Å². The maximum atomic E-state index is 13.5. The fourth-order valence-electron chi connectivity index (χ4n) is 4.24. The van der Waals surface area contributed by atoms with Crippen LogP contribution in [0.1, 0.15) is 29.2 Å². The lowest BCUT2D eigenvalue weighted by atomic mass is 9.87. The van der Waals surface area contributed by atoms with E-state index in [-0.39, 0.29) is 24.8 Å². The molecule has 4 rings (SSSR count). The number of amides is 1. The molecule has 0 aromatic heterocycles. The highest BCUT2D eigenvalue weighted by atomic mass is 19.3. The van der Waals surface area contributed by atoms with Crippen molar-refractivity contribution in [2.75, 3.05) is 13.2 Å². The van der Waals surface area contributed by atoms with Crippen molar-refractivity contribution in [3.05, 3.63) is 71.0 Å². The molecule has 4 atom stereocenters. The van der Waals surface area contributed by atoms with E-state index in [0.29, 0.717) is 13.0 Å². The lowest BCUT2D eigenvalue weighted by Crippen LogP contribution is -2.54. The van der Waals surface area contributed by atoms with E-state index in [1.165, 1.54) is 12.1 Å². The van der Waals surface area contributed by atoms with Gasteiger partial charge in [-0.1, -0.05) is 36.4 Å². The average molecular weight is 420 g/mol. The average Bonchev–Trinajstić information content (AvgIpc) is 2.74. The Bertz CT molecular complexity index is 893. The minimum Gasteiger partial charge on any atom is -0.367 e. The quantitative estimate of drug-likeness (QED) is 0.826. The highest BCUT2D eigenvalue weighted by Crippen LogP contribution is 2.36. The molecule has 5 nitrogen and oxygen atoms in total. The van der Waals surface area contributed by atoms with Gasteiger partial charge in [-0.3, -0.25) is 4.79 Å². The van der Waals surface area contributed by atoms with Crippen LogP contribution in [0.3, 0.4) is 0 Å². The Morgan fingerprint density at radius 2 is 1.90 bits per heavy atom. The topological polar surface area (TPSA) is 64.8 Å². The zero-order chi connectivity index (χ0) is 21.3. The number of carbonyl (C=O) groups is 1. The van der Waals surface area contributed by atoms with Gasteiger partial charge in [0.2, 0.25) is 0 Å². The van der Waals surface area contributed by atoms with Gasteiger partial charge in [0.25, 0.3) is 5.91 Å².